The Bertz CT molecular complexity index is 459. The van der Waals surface area contributed by atoms with E-state index in [2.05, 4.69) is 24.9 Å². The van der Waals surface area contributed by atoms with Crippen LogP contribution in [0.5, 0.6) is 11.5 Å². The Labute approximate surface area is 113 Å². The van der Waals surface area contributed by atoms with Crippen LogP contribution >= 0.6 is 11.6 Å². The van der Waals surface area contributed by atoms with Crippen LogP contribution in [-0.4, -0.2) is 19.8 Å². The molecule has 98 valence electrons. The predicted octanol–water partition coefficient (Wildman–Crippen LogP) is 2.86. The first kappa shape index (κ1) is 13.2. The van der Waals surface area contributed by atoms with Crippen molar-refractivity contribution in [2.45, 2.75) is 26.0 Å². The number of rotatable bonds is 5. The van der Waals surface area contributed by atoms with Crippen molar-refractivity contribution in [3.63, 3.8) is 0 Å². The Morgan fingerprint density at radius 1 is 1.61 bits per heavy atom. The molecule has 4 heteroatoms. The second-order valence-electron chi connectivity index (χ2n) is 4.53. The summed E-state index contributed by atoms with van der Waals surface area (Å²) in [4.78, 5) is 0. The third kappa shape index (κ3) is 2.98. The van der Waals surface area contributed by atoms with Crippen LogP contribution in [0, 0.1) is 0 Å². The first-order valence-electron chi connectivity index (χ1n) is 6.00. The SMILES string of the molecule is C=C(Cl)CNCc1cc2c(cc1OC)C[C@H](C)O2. The number of benzene rings is 1. The maximum atomic E-state index is 5.75. The highest BCUT2D eigenvalue weighted by Gasteiger charge is 2.21. The Kier molecular flexibility index (Phi) is 4.15. The van der Waals surface area contributed by atoms with E-state index in [9.17, 15) is 0 Å². The highest BCUT2D eigenvalue weighted by molar-refractivity contribution is 6.29. The van der Waals surface area contributed by atoms with Crippen LogP contribution in [0.1, 0.15) is 18.1 Å². The van der Waals surface area contributed by atoms with E-state index in [-0.39, 0.29) is 6.10 Å². The second-order valence-corrected chi connectivity index (χ2v) is 5.06. The molecule has 0 amide bonds. The van der Waals surface area contributed by atoms with Crippen LogP contribution in [0.15, 0.2) is 23.7 Å². The first-order valence-corrected chi connectivity index (χ1v) is 6.38. The Balaban J connectivity index is 2.14. The molecule has 1 N–H and O–H groups in total. The summed E-state index contributed by atoms with van der Waals surface area (Å²) < 4.78 is 11.2. The molecule has 0 saturated carbocycles. The van der Waals surface area contributed by atoms with Gasteiger partial charge in [-0.25, -0.2) is 0 Å². The van der Waals surface area contributed by atoms with Gasteiger partial charge in [0.05, 0.1) is 7.11 Å². The zero-order valence-electron chi connectivity index (χ0n) is 10.8. The van der Waals surface area contributed by atoms with E-state index >= 15 is 0 Å². The maximum absolute atomic E-state index is 5.75. The average molecular weight is 268 g/mol. The molecular formula is C14H18ClNO2. The van der Waals surface area contributed by atoms with Crippen LogP contribution in [0.25, 0.3) is 0 Å². The van der Waals surface area contributed by atoms with Crippen LogP contribution in [0.2, 0.25) is 0 Å². The van der Waals surface area contributed by atoms with Gasteiger partial charge < -0.3 is 14.8 Å². The van der Waals surface area contributed by atoms with Gasteiger partial charge >= 0.3 is 0 Å². The molecule has 0 aliphatic carbocycles. The standard InChI is InChI=1S/C14H18ClNO2/c1-9(15)7-16-8-12-6-14-11(4-10(2)18-14)5-13(12)17-3/h5-6,10,16H,1,4,7-8H2,2-3H3/t10-/m0/s1. The number of hydrogen-bond donors (Lipinski definition) is 1. The van der Waals surface area contributed by atoms with Gasteiger partial charge in [-0.05, 0) is 19.1 Å². The predicted molar refractivity (Wildman–Crippen MR) is 73.5 cm³/mol. The van der Waals surface area contributed by atoms with Gasteiger partial charge in [-0.1, -0.05) is 18.2 Å². The van der Waals surface area contributed by atoms with Crippen molar-refractivity contribution in [3.05, 3.63) is 34.9 Å². The summed E-state index contributed by atoms with van der Waals surface area (Å²) in [7, 11) is 1.69. The third-order valence-corrected chi connectivity index (χ3v) is 3.06. The topological polar surface area (TPSA) is 30.5 Å². The van der Waals surface area contributed by atoms with Gasteiger partial charge in [0, 0.05) is 35.7 Å². The molecule has 0 radical (unpaired) electrons. The lowest BCUT2D eigenvalue weighted by atomic mass is 10.1. The summed E-state index contributed by atoms with van der Waals surface area (Å²) in [5.41, 5.74) is 2.29. The Hall–Kier alpha value is -1.19. The molecule has 3 nitrogen and oxygen atoms in total. The minimum Gasteiger partial charge on any atom is -0.496 e. The van der Waals surface area contributed by atoms with Crippen LogP contribution < -0.4 is 14.8 Å². The molecule has 1 aromatic carbocycles. The van der Waals surface area contributed by atoms with Crippen molar-refractivity contribution in [1.82, 2.24) is 5.32 Å². The molecule has 0 bridgehead atoms. The molecular weight excluding hydrogens is 250 g/mol. The highest BCUT2D eigenvalue weighted by atomic mass is 35.5. The van der Waals surface area contributed by atoms with Gasteiger partial charge in [-0.3, -0.25) is 0 Å². The van der Waals surface area contributed by atoms with Gasteiger partial charge in [-0.15, -0.1) is 0 Å². The molecule has 1 aliphatic rings. The monoisotopic (exact) mass is 267 g/mol. The van der Waals surface area contributed by atoms with Crippen molar-refractivity contribution >= 4 is 11.6 Å². The fourth-order valence-corrected chi connectivity index (χ4v) is 2.24. The van der Waals surface area contributed by atoms with Crippen molar-refractivity contribution in [2.75, 3.05) is 13.7 Å². The summed E-state index contributed by atoms with van der Waals surface area (Å²) in [5, 5.41) is 3.81. The maximum Gasteiger partial charge on any atom is 0.123 e. The fraction of sp³-hybridized carbons (Fsp3) is 0.429. The fourth-order valence-electron chi connectivity index (χ4n) is 2.14. The zero-order chi connectivity index (χ0) is 13.1. The number of nitrogens with one attached hydrogen (secondary N) is 1. The minimum absolute atomic E-state index is 0.246. The van der Waals surface area contributed by atoms with Gasteiger partial charge in [0.15, 0.2) is 0 Å². The van der Waals surface area contributed by atoms with Gasteiger partial charge in [0.1, 0.15) is 17.6 Å². The van der Waals surface area contributed by atoms with E-state index in [4.69, 9.17) is 21.1 Å². The van der Waals surface area contributed by atoms with Crippen LogP contribution in [0.4, 0.5) is 0 Å². The summed E-state index contributed by atoms with van der Waals surface area (Å²) in [5.74, 6) is 1.85. The second kappa shape index (κ2) is 5.63. The Morgan fingerprint density at radius 3 is 3.06 bits per heavy atom. The molecule has 1 atom stereocenters. The van der Waals surface area contributed by atoms with Crippen LogP contribution in [0.3, 0.4) is 0 Å². The van der Waals surface area contributed by atoms with E-state index in [1.165, 1.54) is 5.56 Å². The molecule has 0 fully saturated rings. The van der Waals surface area contributed by atoms with Crippen molar-refractivity contribution in [3.8, 4) is 11.5 Å². The zero-order valence-corrected chi connectivity index (χ0v) is 11.5. The lowest BCUT2D eigenvalue weighted by Gasteiger charge is -2.11. The first-order chi connectivity index (χ1) is 8.60. The molecule has 1 aromatic rings. The van der Waals surface area contributed by atoms with E-state index in [1.54, 1.807) is 7.11 Å². The Morgan fingerprint density at radius 2 is 2.39 bits per heavy atom. The van der Waals surface area contributed by atoms with Crippen LogP contribution in [-0.2, 0) is 13.0 Å². The van der Waals surface area contributed by atoms with E-state index in [0.29, 0.717) is 18.1 Å². The van der Waals surface area contributed by atoms with E-state index in [0.717, 1.165) is 23.5 Å². The van der Waals surface area contributed by atoms with E-state index < -0.39 is 0 Å². The highest BCUT2D eigenvalue weighted by Crippen LogP contribution is 2.34. The molecule has 0 spiro atoms. The van der Waals surface area contributed by atoms with Gasteiger partial charge in [0.2, 0.25) is 0 Å². The van der Waals surface area contributed by atoms with E-state index in [1.807, 2.05) is 6.07 Å². The minimum atomic E-state index is 0.246. The number of fused-ring (bicyclic) bond motifs is 1. The third-order valence-electron chi connectivity index (χ3n) is 2.93. The smallest absolute Gasteiger partial charge is 0.123 e. The molecule has 0 saturated heterocycles. The largest absolute Gasteiger partial charge is 0.496 e. The summed E-state index contributed by atoms with van der Waals surface area (Å²) in [6, 6.07) is 4.10. The lowest BCUT2D eigenvalue weighted by molar-refractivity contribution is 0.254. The normalized spacial score (nSPS) is 17.2. The molecule has 1 heterocycles. The average Bonchev–Trinajstić information content (AvgIpc) is 2.66. The summed E-state index contributed by atoms with van der Waals surface area (Å²) in [6.07, 6.45) is 1.19. The van der Waals surface area contributed by atoms with Crippen molar-refractivity contribution < 1.29 is 9.47 Å². The number of halogens is 1. The molecule has 2 rings (SSSR count). The summed E-state index contributed by atoms with van der Waals surface area (Å²) >= 11 is 5.72. The molecule has 1 aliphatic heterocycles. The quantitative estimate of drug-likeness (QED) is 0.890. The van der Waals surface area contributed by atoms with Gasteiger partial charge in [0.25, 0.3) is 0 Å². The molecule has 18 heavy (non-hydrogen) atoms. The number of hydrogen-bond acceptors (Lipinski definition) is 3. The lowest BCUT2D eigenvalue weighted by Crippen LogP contribution is -2.15. The summed E-state index contributed by atoms with van der Waals surface area (Å²) in [6.45, 7) is 6.98. The van der Waals surface area contributed by atoms with Crippen molar-refractivity contribution in [1.29, 1.82) is 0 Å². The molecule has 0 unspecified atom stereocenters. The van der Waals surface area contributed by atoms with Gasteiger partial charge in [-0.2, -0.15) is 0 Å². The number of ether oxygens (including phenoxy) is 2. The molecule has 0 aromatic heterocycles. The van der Waals surface area contributed by atoms with Crippen molar-refractivity contribution in [2.24, 2.45) is 0 Å². The number of methoxy groups -OCH3 is 1.